The van der Waals surface area contributed by atoms with Crippen molar-refractivity contribution in [3.8, 4) is 11.3 Å². The highest BCUT2D eigenvalue weighted by Gasteiger charge is 2.22. The second-order valence-electron chi connectivity index (χ2n) is 7.36. The van der Waals surface area contributed by atoms with E-state index in [1.165, 1.54) is 6.07 Å². The van der Waals surface area contributed by atoms with Crippen molar-refractivity contribution in [3.63, 3.8) is 0 Å². The van der Waals surface area contributed by atoms with Crippen molar-refractivity contribution >= 4 is 33.5 Å². The molecule has 0 aliphatic rings. The van der Waals surface area contributed by atoms with Gasteiger partial charge in [-0.3, -0.25) is 4.79 Å². The summed E-state index contributed by atoms with van der Waals surface area (Å²) >= 11 is 0. The maximum Gasteiger partial charge on any atom is 0.336 e. The van der Waals surface area contributed by atoms with Gasteiger partial charge in [-0.25, -0.2) is 4.79 Å². The number of carbonyl (C=O) groups excluding carboxylic acids is 1. The summed E-state index contributed by atoms with van der Waals surface area (Å²) in [7, 11) is 0. The molecule has 2 aromatic carbocycles. The molecule has 28 heavy (non-hydrogen) atoms. The number of amides is 1. The molecule has 0 radical (unpaired) electrons. The number of hydrogen-bond acceptors (Lipinski definition) is 4. The Kier molecular flexibility index (Phi) is 4.30. The van der Waals surface area contributed by atoms with Crippen LogP contribution in [0.1, 0.15) is 25.0 Å². The first-order valence-electron chi connectivity index (χ1n) is 9.23. The zero-order valence-electron chi connectivity index (χ0n) is 16.3. The van der Waals surface area contributed by atoms with Crippen molar-refractivity contribution in [2.45, 2.75) is 27.7 Å². The van der Waals surface area contributed by atoms with Crippen LogP contribution < -0.4 is 10.9 Å². The molecule has 0 fully saturated rings. The zero-order chi connectivity index (χ0) is 20.0. The average Bonchev–Trinajstić information content (AvgIpc) is 3.01. The van der Waals surface area contributed by atoms with Gasteiger partial charge < -0.3 is 14.2 Å². The molecule has 0 saturated carbocycles. The Hall–Kier alpha value is -3.34. The predicted molar refractivity (Wildman–Crippen MR) is 111 cm³/mol. The Morgan fingerprint density at radius 3 is 2.39 bits per heavy atom. The lowest BCUT2D eigenvalue weighted by atomic mass is 10.0. The number of fused-ring (bicyclic) bond motifs is 2. The molecule has 5 nitrogen and oxygen atoms in total. The minimum Gasteiger partial charge on any atom is -0.454 e. The van der Waals surface area contributed by atoms with Crippen LogP contribution in [0.4, 0.5) is 5.69 Å². The largest absolute Gasteiger partial charge is 0.454 e. The number of anilines is 1. The average molecular weight is 375 g/mol. The number of benzene rings is 2. The first-order valence-corrected chi connectivity index (χ1v) is 9.23. The Bertz CT molecular complexity index is 1280. The van der Waals surface area contributed by atoms with Crippen LogP contribution in [0.5, 0.6) is 0 Å². The molecule has 0 aliphatic heterocycles. The van der Waals surface area contributed by atoms with Crippen LogP contribution in [0, 0.1) is 19.8 Å². The van der Waals surface area contributed by atoms with Gasteiger partial charge in [-0.05, 0) is 49.2 Å². The smallest absolute Gasteiger partial charge is 0.336 e. The van der Waals surface area contributed by atoms with Crippen LogP contribution in [-0.4, -0.2) is 5.91 Å². The fourth-order valence-electron chi connectivity index (χ4n) is 3.23. The lowest BCUT2D eigenvalue weighted by Crippen LogP contribution is -2.18. The van der Waals surface area contributed by atoms with Gasteiger partial charge in [0, 0.05) is 28.3 Å². The Balaban J connectivity index is 2.05. The minimum absolute atomic E-state index is 0.118. The Morgan fingerprint density at radius 2 is 1.64 bits per heavy atom. The van der Waals surface area contributed by atoms with Gasteiger partial charge in [-0.2, -0.15) is 0 Å². The molecule has 1 N–H and O–H groups in total. The third-order valence-electron chi connectivity index (χ3n) is 4.97. The van der Waals surface area contributed by atoms with Crippen LogP contribution >= 0.6 is 0 Å². The van der Waals surface area contributed by atoms with E-state index in [1.807, 2.05) is 64.1 Å². The van der Waals surface area contributed by atoms with Crippen molar-refractivity contribution in [3.05, 3.63) is 64.0 Å². The standard InChI is InChI=1S/C23H21NO4/c1-12(2)23(26)24-21-15-7-5-6-8-18(15)28-22(21)17-11-20(25)27-19-10-14(4)13(3)9-16(17)19/h5-12H,1-4H3,(H,24,26). The van der Waals surface area contributed by atoms with Gasteiger partial charge in [0.1, 0.15) is 11.2 Å². The molecule has 0 atom stereocenters. The number of nitrogens with one attached hydrogen (secondary N) is 1. The van der Waals surface area contributed by atoms with Gasteiger partial charge in [0.2, 0.25) is 5.91 Å². The van der Waals surface area contributed by atoms with E-state index >= 15 is 0 Å². The van der Waals surface area contributed by atoms with E-state index in [1.54, 1.807) is 0 Å². The number of rotatable bonds is 3. The molecule has 2 heterocycles. The highest BCUT2D eigenvalue weighted by atomic mass is 16.4. The van der Waals surface area contributed by atoms with E-state index in [2.05, 4.69) is 5.32 Å². The van der Waals surface area contributed by atoms with Gasteiger partial charge in [-0.15, -0.1) is 0 Å². The van der Waals surface area contributed by atoms with Crippen molar-refractivity contribution < 1.29 is 13.6 Å². The number of carbonyl (C=O) groups is 1. The van der Waals surface area contributed by atoms with E-state index < -0.39 is 5.63 Å². The summed E-state index contributed by atoms with van der Waals surface area (Å²) in [5.74, 6) is 0.146. The summed E-state index contributed by atoms with van der Waals surface area (Å²) in [5.41, 5.74) is 3.95. The van der Waals surface area contributed by atoms with Crippen LogP contribution in [0.2, 0.25) is 0 Å². The molecular formula is C23H21NO4. The number of furan rings is 1. The topological polar surface area (TPSA) is 72.5 Å². The van der Waals surface area contributed by atoms with E-state index in [-0.39, 0.29) is 11.8 Å². The van der Waals surface area contributed by atoms with E-state index in [0.29, 0.717) is 28.2 Å². The lowest BCUT2D eigenvalue weighted by Gasteiger charge is -2.10. The van der Waals surface area contributed by atoms with Gasteiger partial charge >= 0.3 is 5.63 Å². The summed E-state index contributed by atoms with van der Waals surface area (Å²) in [6, 6.07) is 12.7. The monoisotopic (exact) mass is 375 g/mol. The van der Waals surface area contributed by atoms with Crippen LogP contribution in [0.3, 0.4) is 0 Å². The molecule has 4 aromatic rings. The zero-order valence-corrected chi connectivity index (χ0v) is 16.3. The van der Waals surface area contributed by atoms with E-state index in [4.69, 9.17) is 8.83 Å². The van der Waals surface area contributed by atoms with Crippen LogP contribution in [0.25, 0.3) is 33.3 Å². The molecular weight excluding hydrogens is 354 g/mol. The highest BCUT2D eigenvalue weighted by molar-refractivity contribution is 6.09. The second-order valence-corrected chi connectivity index (χ2v) is 7.36. The van der Waals surface area contributed by atoms with E-state index in [9.17, 15) is 9.59 Å². The number of aryl methyl sites for hydroxylation is 2. The quantitative estimate of drug-likeness (QED) is 0.486. The number of hydrogen-bond donors (Lipinski definition) is 1. The molecule has 0 unspecified atom stereocenters. The molecule has 5 heteroatoms. The van der Waals surface area contributed by atoms with Crippen molar-refractivity contribution in [1.82, 2.24) is 0 Å². The third-order valence-corrected chi connectivity index (χ3v) is 4.97. The fourth-order valence-corrected chi connectivity index (χ4v) is 3.23. The fraction of sp³-hybridized carbons (Fsp3) is 0.217. The van der Waals surface area contributed by atoms with E-state index in [0.717, 1.165) is 21.9 Å². The molecule has 4 rings (SSSR count). The van der Waals surface area contributed by atoms with Crippen molar-refractivity contribution in [2.75, 3.05) is 5.32 Å². The predicted octanol–water partition coefficient (Wildman–Crippen LogP) is 5.42. The summed E-state index contributed by atoms with van der Waals surface area (Å²) in [5, 5.41) is 4.53. The van der Waals surface area contributed by atoms with Gasteiger partial charge in [0.15, 0.2) is 5.76 Å². The SMILES string of the molecule is Cc1cc2oc(=O)cc(-c3oc4ccccc4c3NC(=O)C(C)C)c2cc1C. The molecule has 142 valence electrons. The van der Waals surface area contributed by atoms with Crippen LogP contribution in [-0.2, 0) is 4.79 Å². The highest BCUT2D eigenvalue weighted by Crippen LogP contribution is 2.40. The first-order chi connectivity index (χ1) is 13.3. The minimum atomic E-state index is -0.465. The maximum atomic E-state index is 12.4. The summed E-state index contributed by atoms with van der Waals surface area (Å²) < 4.78 is 11.5. The Morgan fingerprint density at radius 1 is 0.929 bits per heavy atom. The normalized spacial score (nSPS) is 11.5. The first kappa shape index (κ1) is 18.0. The molecule has 0 spiro atoms. The van der Waals surface area contributed by atoms with Gasteiger partial charge in [0.25, 0.3) is 0 Å². The summed E-state index contributed by atoms with van der Waals surface area (Å²) in [4.78, 5) is 24.7. The van der Waals surface area contributed by atoms with Crippen LogP contribution in [0.15, 0.2) is 56.1 Å². The molecule has 1 amide bonds. The second kappa shape index (κ2) is 6.68. The van der Waals surface area contributed by atoms with Gasteiger partial charge in [-0.1, -0.05) is 26.0 Å². The maximum absolute atomic E-state index is 12.4. The Labute approximate surface area is 162 Å². The third kappa shape index (κ3) is 2.99. The molecule has 0 aliphatic carbocycles. The van der Waals surface area contributed by atoms with Crippen molar-refractivity contribution in [2.24, 2.45) is 5.92 Å². The molecule has 0 bridgehead atoms. The molecule has 0 saturated heterocycles. The van der Waals surface area contributed by atoms with Crippen molar-refractivity contribution in [1.29, 1.82) is 0 Å². The number of para-hydroxylation sites is 1. The van der Waals surface area contributed by atoms with Gasteiger partial charge in [0.05, 0.1) is 5.69 Å². The molecule has 2 aromatic heterocycles. The summed E-state index contributed by atoms with van der Waals surface area (Å²) in [6.45, 7) is 7.63. The lowest BCUT2D eigenvalue weighted by molar-refractivity contribution is -0.118. The summed E-state index contributed by atoms with van der Waals surface area (Å²) in [6.07, 6.45) is 0.